The van der Waals surface area contributed by atoms with Crippen molar-refractivity contribution in [2.45, 2.75) is 39.5 Å². The number of benzene rings is 1. The van der Waals surface area contributed by atoms with Crippen molar-refractivity contribution in [3.05, 3.63) is 41.7 Å². The molecule has 7 heteroatoms. The summed E-state index contributed by atoms with van der Waals surface area (Å²) in [5.41, 5.74) is 2.07. The minimum absolute atomic E-state index is 0. The van der Waals surface area contributed by atoms with Gasteiger partial charge in [0, 0.05) is 18.0 Å². The molecule has 142 valence electrons. The van der Waals surface area contributed by atoms with Crippen molar-refractivity contribution in [1.29, 1.82) is 10.5 Å². The molecule has 0 N–H and O–H groups in total. The quantitative estimate of drug-likeness (QED) is 0.406. The normalized spacial score (nSPS) is 9.29. The predicted octanol–water partition coefficient (Wildman–Crippen LogP) is -1.14. The van der Waals surface area contributed by atoms with E-state index in [9.17, 15) is 10.5 Å². The van der Waals surface area contributed by atoms with E-state index in [-0.39, 0.29) is 84.7 Å². The van der Waals surface area contributed by atoms with Gasteiger partial charge in [-0.05, 0) is 36.6 Å². The Labute approximate surface area is 224 Å². The van der Waals surface area contributed by atoms with E-state index in [4.69, 9.17) is 9.47 Å². The summed E-state index contributed by atoms with van der Waals surface area (Å²) in [6.45, 7) is 5.14. The molecule has 0 spiro atoms. The molecule has 1 aromatic heterocycles. The Morgan fingerprint density at radius 2 is 1.50 bits per heavy atom. The first-order valence-corrected chi connectivity index (χ1v) is 8.93. The number of nitrogens with zero attached hydrogens (tertiary/aromatic N) is 3. The van der Waals surface area contributed by atoms with Gasteiger partial charge in [-0.1, -0.05) is 26.7 Å². The molecular weight excluding hydrogens is 478 g/mol. The van der Waals surface area contributed by atoms with Crippen molar-refractivity contribution in [2.75, 3.05) is 13.2 Å². The van der Waals surface area contributed by atoms with Crippen molar-refractivity contribution in [2.24, 2.45) is 0 Å². The van der Waals surface area contributed by atoms with E-state index in [1.807, 2.05) is 12.1 Å². The number of hydrogen-bond acceptors (Lipinski definition) is 5. The number of unbranched alkanes of at least 4 members (excludes halogenated alkanes) is 2. The molecule has 0 unspecified atom stereocenters. The van der Waals surface area contributed by atoms with Gasteiger partial charge in [0.25, 0.3) is 0 Å². The molecule has 2 aromatic rings. The first-order chi connectivity index (χ1) is 12.8. The van der Waals surface area contributed by atoms with Crippen molar-refractivity contribution in [1.82, 2.24) is 4.98 Å². The van der Waals surface area contributed by atoms with Crippen LogP contribution in [0.15, 0.2) is 30.6 Å². The Hall–Kier alpha value is -1.07. The smallest absolute Gasteiger partial charge is 1.00 e. The summed E-state index contributed by atoms with van der Waals surface area (Å²) in [7, 11) is 0. The average molecular weight is 501 g/mol. The molecule has 1 heterocycles. The summed E-state index contributed by atoms with van der Waals surface area (Å²) in [4.78, 5) is 4.05. The van der Waals surface area contributed by atoms with Gasteiger partial charge in [-0.3, -0.25) is 4.98 Å². The van der Waals surface area contributed by atoms with Gasteiger partial charge in [0.15, 0.2) is 0 Å². The van der Waals surface area contributed by atoms with E-state index in [0.29, 0.717) is 24.7 Å². The van der Waals surface area contributed by atoms with Crippen LogP contribution in [0.3, 0.4) is 0 Å². The summed E-state index contributed by atoms with van der Waals surface area (Å²) in [6.07, 6.45) is 7.10. The average Bonchev–Trinajstić information content (AvgIpc) is 2.68. The number of ether oxygens (including phenoxy) is 2. The zero-order valence-corrected chi connectivity index (χ0v) is 22.9. The number of pyridine rings is 1. The molecule has 0 amide bonds. The molecule has 28 heavy (non-hydrogen) atoms. The zero-order valence-electron chi connectivity index (χ0n) is 16.7. The van der Waals surface area contributed by atoms with E-state index in [2.05, 4.69) is 31.0 Å². The monoisotopic (exact) mass is 501 g/mol. The molecule has 0 atom stereocenters. The Balaban J connectivity index is 0.00000364. The molecule has 0 aliphatic rings. The number of rotatable bonds is 9. The molecule has 1 aromatic carbocycles. The van der Waals surface area contributed by atoms with Crippen LogP contribution in [0.25, 0.3) is 11.1 Å². The summed E-state index contributed by atoms with van der Waals surface area (Å²) < 4.78 is 11.7. The Morgan fingerprint density at radius 3 is 2.04 bits per heavy atom. The molecule has 0 saturated carbocycles. The third kappa shape index (κ3) is 7.07. The van der Waals surface area contributed by atoms with E-state index in [0.717, 1.165) is 36.8 Å². The van der Waals surface area contributed by atoms with Crippen LogP contribution >= 0.6 is 0 Å². The summed E-state index contributed by atoms with van der Waals surface area (Å²) in [5.74, 6) is 0.860. The summed E-state index contributed by atoms with van der Waals surface area (Å²) >= 11 is 0. The minimum atomic E-state index is 0. The molecule has 0 aliphatic heterocycles. The maximum Gasteiger partial charge on any atom is 1.00 e. The number of nitriles is 2. The predicted molar refractivity (Wildman–Crippen MR) is 99.9 cm³/mol. The van der Waals surface area contributed by atoms with Crippen LogP contribution in [0, 0.1) is 22.7 Å². The van der Waals surface area contributed by atoms with Crippen LogP contribution in [-0.2, 0) is 0 Å². The van der Waals surface area contributed by atoms with E-state index >= 15 is 0 Å². The first kappa shape index (κ1) is 26.9. The Bertz CT molecular complexity index is 817. The van der Waals surface area contributed by atoms with Gasteiger partial charge < -0.3 is 14.2 Å². The van der Waals surface area contributed by atoms with Crippen LogP contribution in [-0.4, -0.2) is 18.2 Å². The van der Waals surface area contributed by atoms with Gasteiger partial charge in [-0.25, -0.2) is 0 Å². The van der Waals surface area contributed by atoms with Crippen molar-refractivity contribution in [3.8, 4) is 34.8 Å². The van der Waals surface area contributed by atoms with Crippen molar-refractivity contribution in [3.63, 3.8) is 0 Å². The van der Waals surface area contributed by atoms with Crippen LogP contribution in [0.4, 0.5) is 0 Å². The Morgan fingerprint density at radius 1 is 0.929 bits per heavy atom. The van der Waals surface area contributed by atoms with Crippen molar-refractivity contribution < 1.29 is 83.1 Å². The molecule has 0 aliphatic carbocycles. The number of aromatic nitrogens is 1. The van der Waals surface area contributed by atoms with Crippen LogP contribution < -0.4 is 83.1 Å². The second kappa shape index (κ2) is 14.9. The maximum absolute atomic E-state index is 9.71. The SMILES string of the molecule is CCCCOc1cc(-c2ccncc2)c(OCCCC)c(C#N)c1C#N.[Cs+].[F-]. The fourth-order valence-corrected chi connectivity index (χ4v) is 2.51. The third-order valence-electron chi connectivity index (χ3n) is 3.96. The van der Waals surface area contributed by atoms with Gasteiger partial charge in [0.05, 0.1) is 13.2 Å². The minimum Gasteiger partial charge on any atom is -1.00 e. The molecular formula is C21H23CsFN3O2. The molecule has 0 radical (unpaired) electrons. The molecule has 2 rings (SSSR count). The van der Waals surface area contributed by atoms with E-state index in [1.165, 1.54) is 0 Å². The first-order valence-electron chi connectivity index (χ1n) is 8.93. The van der Waals surface area contributed by atoms with Crippen LogP contribution in [0.1, 0.15) is 50.7 Å². The summed E-state index contributed by atoms with van der Waals surface area (Å²) in [5, 5.41) is 19.3. The van der Waals surface area contributed by atoms with E-state index in [1.54, 1.807) is 18.5 Å². The van der Waals surface area contributed by atoms with Crippen LogP contribution in [0.2, 0.25) is 0 Å². The fraction of sp³-hybridized carbons (Fsp3) is 0.381. The summed E-state index contributed by atoms with van der Waals surface area (Å²) in [6, 6.07) is 9.75. The number of hydrogen-bond donors (Lipinski definition) is 0. The fourth-order valence-electron chi connectivity index (χ4n) is 2.51. The second-order valence-electron chi connectivity index (χ2n) is 5.86. The molecule has 0 saturated heterocycles. The van der Waals surface area contributed by atoms with Crippen molar-refractivity contribution >= 4 is 0 Å². The zero-order chi connectivity index (χ0) is 18.8. The van der Waals surface area contributed by atoms with Gasteiger partial charge in [0.2, 0.25) is 0 Å². The van der Waals surface area contributed by atoms with Crippen LogP contribution in [0.5, 0.6) is 11.5 Å². The van der Waals surface area contributed by atoms with E-state index < -0.39 is 0 Å². The molecule has 5 nitrogen and oxygen atoms in total. The van der Waals surface area contributed by atoms with Gasteiger partial charge >= 0.3 is 68.9 Å². The Kier molecular flexibility index (Phi) is 14.3. The standard InChI is InChI=1S/C21H23N3O2.Cs.FH/c1-3-5-11-25-20-13-17(16-7-9-24-10-8-16)21(26-12-6-4-2)19(15-23)18(20)14-22;;/h7-10,13H,3-6,11-12H2,1-2H3;;1H/q;+1;/p-1. The van der Waals surface area contributed by atoms with Gasteiger partial charge in [-0.2, -0.15) is 10.5 Å². The largest absolute Gasteiger partial charge is 1.00 e. The third-order valence-corrected chi connectivity index (χ3v) is 3.96. The van der Waals surface area contributed by atoms with Gasteiger partial charge in [-0.15, -0.1) is 0 Å². The second-order valence-corrected chi connectivity index (χ2v) is 5.86. The molecule has 0 fully saturated rings. The molecule has 0 bridgehead atoms. The maximum atomic E-state index is 9.71. The topological polar surface area (TPSA) is 78.9 Å². The van der Waals surface area contributed by atoms with Gasteiger partial charge in [0.1, 0.15) is 34.8 Å². The number of halogens is 1.